The zero-order valence-corrected chi connectivity index (χ0v) is 16.2. The first-order valence-electron chi connectivity index (χ1n) is 9.36. The lowest BCUT2D eigenvalue weighted by Crippen LogP contribution is -2.27. The van der Waals surface area contributed by atoms with Crippen molar-refractivity contribution in [2.45, 2.75) is 49.9 Å². The van der Waals surface area contributed by atoms with Crippen molar-refractivity contribution < 1.29 is 13.6 Å². The second-order valence-corrected chi connectivity index (χ2v) is 8.58. The number of benzene rings is 1. The topological polar surface area (TPSA) is 102 Å². The van der Waals surface area contributed by atoms with Gasteiger partial charge in [-0.05, 0) is 42.9 Å². The lowest BCUT2D eigenvalue weighted by molar-refractivity contribution is -0.118. The summed E-state index contributed by atoms with van der Waals surface area (Å²) in [6.45, 7) is 0. The molecule has 2 aliphatic carbocycles. The van der Waals surface area contributed by atoms with Crippen molar-refractivity contribution in [3.63, 3.8) is 0 Å². The SMILES string of the molecule is N#Cc1ccc([C@H](C(=O)Nc2nnc(C3CC3)s2)[C@H]2CCC(F)(F)C2)cc1C#N. The predicted molar refractivity (Wildman–Crippen MR) is 101 cm³/mol. The molecule has 6 nitrogen and oxygen atoms in total. The highest BCUT2D eigenvalue weighted by Crippen LogP contribution is 2.46. The maximum absolute atomic E-state index is 13.9. The van der Waals surface area contributed by atoms with Gasteiger partial charge in [0.25, 0.3) is 0 Å². The molecule has 2 atom stereocenters. The van der Waals surface area contributed by atoms with Gasteiger partial charge in [-0.15, -0.1) is 10.2 Å². The molecule has 1 aromatic heterocycles. The minimum absolute atomic E-state index is 0.125. The lowest BCUT2D eigenvalue weighted by Gasteiger charge is -2.23. The van der Waals surface area contributed by atoms with Gasteiger partial charge >= 0.3 is 0 Å². The van der Waals surface area contributed by atoms with Crippen LogP contribution in [0.25, 0.3) is 0 Å². The third kappa shape index (κ3) is 4.10. The largest absolute Gasteiger partial charge is 0.300 e. The van der Waals surface area contributed by atoms with Crippen LogP contribution in [0, 0.1) is 28.6 Å². The second kappa shape index (κ2) is 7.49. The maximum atomic E-state index is 13.9. The molecular formula is C20H17F2N5OS. The minimum Gasteiger partial charge on any atom is -0.300 e. The van der Waals surface area contributed by atoms with Gasteiger partial charge in [0.15, 0.2) is 0 Å². The van der Waals surface area contributed by atoms with Crippen molar-refractivity contribution >= 4 is 22.4 Å². The number of carbonyl (C=O) groups is 1. The smallest absolute Gasteiger partial charge is 0.248 e. The van der Waals surface area contributed by atoms with Crippen LogP contribution in [0.4, 0.5) is 13.9 Å². The van der Waals surface area contributed by atoms with E-state index in [-0.39, 0.29) is 24.0 Å². The molecule has 1 heterocycles. The molecule has 2 fully saturated rings. The molecule has 9 heteroatoms. The molecule has 29 heavy (non-hydrogen) atoms. The van der Waals surface area contributed by atoms with E-state index < -0.39 is 30.1 Å². The summed E-state index contributed by atoms with van der Waals surface area (Å²) in [5, 5.41) is 30.5. The Morgan fingerprint density at radius 1 is 1.21 bits per heavy atom. The minimum atomic E-state index is -2.81. The van der Waals surface area contributed by atoms with Crippen LogP contribution in [0.1, 0.15) is 65.6 Å². The van der Waals surface area contributed by atoms with Gasteiger partial charge < -0.3 is 0 Å². The van der Waals surface area contributed by atoms with E-state index in [1.165, 1.54) is 23.5 Å². The van der Waals surface area contributed by atoms with E-state index in [0.717, 1.165) is 17.8 Å². The fraction of sp³-hybridized carbons (Fsp3) is 0.450. The molecule has 0 bridgehead atoms. The van der Waals surface area contributed by atoms with E-state index in [2.05, 4.69) is 15.5 Å². The van der Waals surface area contributed by atoms with Crippen LogP contribution in [-0.4, -0.2) is 22.0 Å². The highest BCUT2D eigenvalue weighted by atomic mass is 32.1. The van der Waals surface area contributed by atoms with Gasteiger partial charge in [0.05, 0.1) is 17.0 Å². The molecule has 0 radical (unpaired) electrons. The normalized spacial score (nSPS) is 21.2. The summed E-state index contributed by atoms with van der Waals surface area (Å²) in [6, 6.07) is 8.34. The number of amides is 1. The fourth-order valence-electron chi connectivity index (χ4n) is 3.82. The number of aromatic nitrogens is 2. The van der Waals surface area contributed by atoms with Crippen molar-refractivity contribution in [1.29, 1.82) is 10.5 Å². The number of alkyl halides is 2. The first-order valence-corrected chi connectivity index (χ1v) is 10.2. The molecule has 2 aliphatic rings. The third-order valence-electron chi connectivity index (χ3n) is 5.44. The van der Waals surface area contributed by atoms with Crippen LogP contribution in [0.2, 0.25) is 0 Å². The van der Waals surface area contributed by atoms with Crippen LogP contribution in [0.3, 0.4) is 0 Å². The first kappa shape index (κ1) is 19.4. The van der Waals surface area contributed by atoms with E-state index in [4.69, 9.17) is 5.26 Å². The van der Waals surface area contributed by atoms with E-state index in [9.17, 15) is 18.8 Å². The number of rotatable bonds is 5. The molecule has 2 saturated carbocycles. The molecule has 0 spiro atoms. The monoisotopic (exact) mass is 413 g/mol. The number of carbonyl (C=O) groups excluding carboxylic acids is 1. The molecule has 4 rings (SSSR count). The van der Waals surface area contributed by atoms with Gasteiger partial charge in [-0.25, -0.2) is 8.78 Å². The van der Waals surface area contributed by atoms with Gasteiger partial charge in [0, 0.05) is 18.8 Å². The Morgan fingerprint density at radius 2 is 1.97 bits per heavy atom. The van der Waals surface area contributed by atoms with Gasteiger partial charge in [-0.3, -0.25) is 10.1 Å². The maximum Gasteiger partial charge on any atom is 0.248 e. The Labute approximate surface area is 170 Å². The van der Waals surface area contributed by atoms with Crippen molar-refractivity contribution in [1.82, 2.24) is 10.2 Å². The third-order valence-corrected chi connectivity index (χ3v) is 6.44. The van der Waals surface area contributed by atoms with Gasteiger partial charge in [0.1, 0.15) is 17.1 Å². The number of hydrogen-bond donors (Lipinski definition) is 1. The van der Waals surface area contributed by atoms with Crippen LogP contribution >= 0.6 is 11.3 Å². The van der Waals surface area contributed by atoms with Gasteiger partial charge in [-0.1, -0.05) is 17.4 Å². The molecule has 148 valence electrons. The Morgan fingerprint density at radius 3 is 2.59 bits per heavy atom. The van der Waals surface area contributed by atoms with Crippen molar-refractivity contribution in [2.24, 2.45) is 5.92 Å². The van der Waals surface area contributed by atoms with Crippen molar-refractivity contribution in [3.05, 3.63) is 39.9 Å². The highest BCUT2D eigenvalue weighted by Gasteiger charge is 2.45. The van der Waals surface area contributed by atoms with E-state index >= 15 is 0 Å². The highest BCUT2D eigenvalue weighted by molar-refractivity contribution is 7.15. The van der Waals surface area contributed by atoms with Crippen LogP contribution < -0.4 is 5.32 Å². The molecule has 0 aliphatic heterocycles. The quantitative estimate of drug-likeness (QED) is 0.786. The average Bonchev–Trinajstić information content (AvgIpc) is 3.35. The molecular weight excluding hydrogens is 396 g/mol. The lowest BCUT2D eigenvalue weighted by atomic mass is 9.83. The van der Waals surface area contributed by atoms with Crippen molar-refractivity contribution in [3.8, 4) is 12.1 Å². The summed E-state index contributed by atoms with van der Waals surface area (Å²) < 4.78 is 27.8. The molecule has 1 amide bonds. The summed E-state index contributed by atoms with van der Waals surface area (Å²) >= 11 is 1.30. The number of anilines is 1. The summed E-state index contributed by atoms with van der Waals surface area (Å²) in [6.07, 6.45) is 1.66. The van der Waals surface area contributed by atoms with Crippen LogP contribution in [0.15, 0.2) is 18.2 Å². The number of nitrogens with one attached hydrogen (secondary N) is 1. The summed E-state index contributed by atoms with van der Waals surface area (Å²) in [4.78, 5) is 13.1. The Bertz CT molecular complexity index is 1030. The van der Waals surface area contributed by atoms with Crippen LogP contribution in [-0.2, 0) is 4.79 Å². The molecule has 1 aromatic carbocycles. The van der Waals surface area contributed by atoms with Gasteiger partial charge in [0.2, 0.25) is 17.0 Å². The Kier molecular flexibility index (Phi) is 5.01. The van der Waals surface area contributed by atoms with Crippen molar-refractivity contribution in [2.75, 3.05) is 5.32 Å². The zero-order chi connectivity index (χ0) is 20.6. The Balaban J connectivity index is 1.63. The predicted octanol–water partition coefficient (Wildman–Crippen LogP) is 4.32. The zero-order valence-electron chi connectivity index (χ0n) is 15.4. The number of hydrogen-bond acceptors (Lipinski definition) is 6. The molecule has 1 N–H and O–H groups in total. The van der Waals surface area contributed by atoms with E-state index in [1.54, 1.807) is 6.07 Å². The molecule has 0 unspecified atom stereocenters. The molecule has 2 aromatic rings. The second-order valence-electron chi connectivity index (χ2n) is 7.57. The summed E-state index contributed by atoms with van der Waals surface area (Å²) in [5.41, 5.74) is 0.762. The number of nitriles is 2. The Hall–Kier alpha value is -2.91. The van der Waals surface area contributed by atoms with E-state index in [1.807, 2.05) is 12.1 Å². The summed E-state index contributed by atoms with van der Waals surface area (Å²) in [5.74, 6) is -4.29. The van der Waals surface area contributed by atoms with Gasteiger partial charge in [-0.2, -0.15) is 10.5 Å². The van der Waals surface area contributed by atoms with E-state index in [0.29, 0.717) is 16.6 Å². The standard InChI is InChI=1S/C20H17F2N5OS/c21-20(22)6-5-13(8-20)16(12-3-4-14(9-23)15(7-12)10-24)17(28)25-19-27-26-18(29-19)11-1-2-11/h3-4,7,11,13,16H,1-2,5-6,8H2,(H,25,27,28)/t13-,16-/m0/s1. The molecule has 0 saturated heterocycles. The first-order chi connectivity index (χ1) is 13.9. The average molecular weight is 413 g/mol. The number of nitrogens with zero attached hydrogens (tertiary/aromatic N) is 4. The van der Waals surface area contributed by atoms with Crippen LogP contribution in [0.5, 0.6) is 0 Å². The number of halogens is 2. The fourth-order valence-corrected chi connectivity index (χ4v) is 4.73. The summed E-state index contributed by atoms with van der Waals surface area (Å²) in [7, 11) is 0.